The van der Waals surface area contributed by atoms with E-state index in [1.54, 1.807) is 36.7 Å². The fourth-order valence-electron chi connectivity index (χ4n) is 2.40. The SMILES string of the molecule is O=C(CCn1ccccc1=O)Nc1cccc(OCc2ccccn2)c1. The van der Waals surface area contributed by atoms with Crippen molar-refractivity contribution in [1.82, 2.24) is 9.55 Å². The first kappa shape index (κ1) is 17.4. The van der Waals surface area contributed by atoms with Gasteiger partial charge in [0.25, 0.3) is 5.56 Å². The minimum absolute atomic E-state index is 0.120. The molecule has 132 valence electrons. The van der Waals surface area contributed by atoms with Crippen molar-refractivity contribution in [3.63, 3.8) is 0 Å². The summed E-state index contributed by atoms with van der Waals surface area (Å²) in [5, 5.41) is 2.82. The lowest BCUT2D eigenvalue weighted by Gasteiger charge is -2.09. The Hall–Kier alpha value is -3.41. The maximum atomic E-state index is 12.1. The minimum Gasteiger partial charge on any atom is -0.487 e. The van der Waals surface area contributed by atoms with E-state index in [9.17, 15) is 9.59 Å². The largest absolute Gasteiger partial charge is 0.487 e. The molecule has 0 aliphatic rings. The molecule has 1 aromatic carbocycles. The van der Waals surface area contributed by atoms with Crippen molar-refractivity contribution in [2.24, 2.45) is 0 Å². The fraction of sp³-hybridized carbons (Fsp3) is 0.150. The second-order valence-electron chi connectivity index (χ2n) is 5.67. The van der Waals surface area contributed by atoms with Crippen LogP contribution in [0.1, 0.15) is 12.1 Å². The van der Waals surface area contributed by atoms with Crippen molar-refractivity contribution in [3.05, 3.63) is 89.1 Å². The molecule has 0 saturated heterocycles. The van der Waals surface area contributed by atoms with Crippen LogP contribution < -0.4 is 15.6 Å². The van der Waals surface area contributed by atoms with Crippen LogP contribution in [-0.2, 0) is 17.9 Å². The second-order valence-corrected chi connectivity index (χ2v) is 5.67. The Balaban J connectivity index is 1.53. The fourth-order valence-corrected chi connectivity index (χ4v) is 2.40. The molecule has 0 saturated carbocycles. The molecule has 3 rings (SSSR count). The summed E-state index contributed by atoms with van der Waals surface area (Å²) in [6.45, 7) is 0.691. The van der Waals surface area contributed by atoms with Gasteiger partial charge in [-0.25, -0.2) is 0 Å². The molecule has 0 bridgehead atoms. The molecule has 0 atom stereocenters. The molecule has 6 nitrogen and oxygen atoms in total. The standard InChI is InChI=1S/C20H19N3O3/c24-19(10-13-23-12-4-2-9-20(23)25)22-16-7-5-8-18(14-16)26-15-17-6-1-3-11-21-17/h1-9,11-12,14H,10,13,15H2,(H,22,24). The monoisotopic (exact) mass is 349 g/mol. The quantitative estimate of drug-likeness (QED) is 0.712. The van der Waals surface area contributed by atoms with Crippen LogP contribution in [0.2, 0.25) is 0 Å². The highest BCUT2D eigenvalue weighted by molar-refractivity contribution is 5.90. The van der Waals surface area contributed by atoms with Crippen LogP contribution in [0.5, 0.6) is 5.75 Å². The van der Waals surface area contributed by atoms with Gasteiger partial charge >= 0.3 is 0 Å². The van der Waals surface area contributed by atoms with E-state index in [1.807, 2.05) is 30.3 Å². The summed E-state index contributed by atoms with van der Waals surface area (Å²) in [5.74, 6) is 0.482. The van der Waals surface area contributed by atoms with Gasteiger partial charge in [0.05, 0.1) is 5.69 Å². The lowest BCUT2D eigenvalue weighted by atomic mass is 10.3. The Kier molecular flexibility index (Phi) is 5.77. The number of aromatic nitrogens is 2. The average Bonchev–Trinajstić information content (AvgIpc) is 2.67. The molecular weight excluding hydrogens is 330 g/mol. The number of hydrogen-bond donors (Lipinski definition) is 1. The van der Waals surface area contributed by atoms with E-state index in [0.29, 0.717) is 24.6 Å². The van der Waals surface area contributed by atoms with Crippen molar-refractivity contribution >= 4 is 11.6 Å². The number of carbonyl (C=O) groups excluding carboxylic acids is 1. The van der Waals surface area contributed by atoms with E-state index in [-0.39, 0.29) is 17.9 Å². The summed E-state index contributed by atoms with van der Waals surface area (Å²) in [6.07, 6.45) is 3.60. The van der Waals surface area contributed by atoms with E-state index in [2.05, 4.69) is 10.3 Å². The van der Waals surface area contributed by atoms with Gasteiger partial charge in [0, 0.05) is 43.2 Å². The van der Waals surface area contributed by atoms with Crippen molar-refractivity contribution in [1.29, 1.82) is 0 Å². The van der Waals surface area contributed by atoms with Gasteiger partial charge in [0.1, 0.15) is 12.4 Å². The summed E-state index contributed by atoms with van der Waals surface area (Å²) in [6, 6.07) is 17.7. The van der Waals surface area contributed by atoms with Crippen molar-refractivity contribution in [3.8, 4) is 5.75 Å². The molecule has 6 heteroatoms. The molecule has 0 aliphatic heterocycles. The summed E-state index contributed by atoms with van der Waals surface area (Å²) < 4.78 is 7.21. The molecule has 0 radical (unpaired) electrons. The van der Waals surface area contributed by atoms with Crippen LogP contribution in [0.4, 0.5) is 5.69 Å². The van der Waals surface area contributed by atoms with Crippen LogP contribution in [0.3, 0.4) is 0 Å². The summed E-state index contributed by atoms with van der Waals surface area (Å²) in [4.78, 5) is 27.9. The molecule has 2 heterocycles. The number of nitrogens with zero attached hydrogens (tertiary/aromatic N) is 2. The number of pyridine rings is 2. The molecular formula is C20H19N3O3. The van der Waals surface area contributed by atoms with Gasteiger partial charge in [-0.1, -0.05) is 18.2 Å². The number of amides is 1. The van der Waals surface area contributed by atoms with E-state index >= 15 is 0 Å². The van der Waals surface area contributed by atoms with Crippen LogP contribution >= 0.6 is 0 Å². The normalized spacial score (nSPS) is 10.3. The third-order valence-electron chi connectivity index (χ3n) is 3.71. The molecule has 1 N–H and O–H groups in total. The van der Waals surface area contributed by atoms with Crippen molar-refractivity contribution in [2.75, 3.05) is 5.32 Å². The molecule has 2 aromatic heterocycles. The number of rotatable bonds is 7. The van der Waals surface area contributed by atoms with Gasteiger partial charge in [-0.2, -0.15) is 0 Å². The predicted molar refractivity (Wildman–Crippen MR) is 99.0 cm³/mol. The van der Waals surface area contributed by atoms with Crippen LogP contribution in [0, 0.1) is 0 Å². The molecule has 0 unspecified atom stereocenters. The number of hydrogen-bond acceptors (Lipinski definition) is 4. The summed E-state index contributed by atoms with van der Waals surface area (Å²) >= 11 is 0. The highest BCUT2D eigenvalue weighted by Crippen LogP contribution is 2.18. The molecule has 1 amide bonds. The second kappa shape index (κ2) is 8.62. The lowest BCUT2D eigenvalue weighted by Crippen LogP contribution is -2.21. The number of carbonyl (C=O) groups is 1. The summed E-state index contributed by atoms with van der Waals surface area (Å²) in [7, 11) is 0. The molecule has 0 spiro atoms. The maximum absolute atomic E-state index is 12.1. The first-order chi connectivity index (χ1) is 12.7. The van der Waals surface area contributed by atoms with E-state index in [4.69, 9.17) is 4.74 Å². The zero-order chi connectivity index (χ0) is 18.2. The van der Waals surface area contributed by atoms with E-state index in [0.717, 1.165) is 5.69 Å². The van der Waals surface area contributed by atoms with Gasteiger partial charge < -0.3 is 14.6 Å². The highest BCUT2D eigenvalue weighted by Gasteiger charge is 2.05. The first-order valence-electron chi connectivity index (χ1n) is 8.29. The number of aryl methyl sites for hydroxylation is 1. The topological polar surface area (TPSA) is 73.2 Å². The van der Waals surface area contributed by atoms with E-state index in [1.165, 1.54) is 10.6 Å². The Morgan fingerprint density at radius 3 is 2.77 bits per heavy atom. The minimum atomic E-state index is -0.164. The van der Waals surface area contributed by atoms with E-state index < -0.39 is 0 Å². The van der Waals surface area contributed by atoms with Crippen molar-refractivity contribution < 1.29 is 9.53 Å². The number of ether oxygens (including phenoxy) is 1. The molecule has 0 fully saturated rings. The number of nitrogens with one attached hydrogen (secondary N) is 1. The lowest BCUT2D eigenvalue weighted by molar-refractivity contribution is -0.116. The van der Waals surface area contributed by atoms with Gasteiger partial charge in [-0.05, 0) is 30.3 Å². The Bertz CT molecular complexity index is 923. The van der Waals surface area contributed by atoms with Gasteiger partial charge in [-0.3, -0.25) is 14.6 Å². The average molecular weight is 349 g/mol. The Morgan fingerprint density at radius 2 is 1.96 bits per heavy atom. The van der Waals surface area contributed by atoms with Crippen LogP contribution in [0.25, 0.3) is 0 Å². The van der Waals surface area contributed by atoms with Crippen LogP contribution in [-0.4, -0.2) is 15.5 Å². The number of anilines is 1. The highest BCUT2D eigenvalue weighted by atomic mass is 16.5. The van der Waals surface area contributed by atoms with Crippen molar-refractivity contribution in [2.45, 2.75) is 19.6 Å². The third-order valence-corrected chi connectivity index (χ3v) is 3.71. The Morgan fingerprint density at radius 1 is 1.08 bits per heavy atom. The van der Waals surface area contributed by atoms with Gasteiger partial charge in [-0.15, -0.1) is 0 Å². The maximum Gasteiger partial charge on any atom is 0.250 e. The predicted octanol–water partition coefficient (Wildman–Crippen LogP) is 2.85. The first-order valence-corrected chi connectivity index (χ1v) is 8.29. The zero-order valence-electron chi connectivity index (χ0n) is 14.2. The zero-order valence-corrected chi connectivity index (χ0v) is 14.2. The van der Waals surface area contributed by atoms with Gasteiger partial charge in [0.2, 0.25) is 5.91 Å². The third kappa shape index (κ3) is 5.04. The smallest absolute Gasteiger partial charge is 0.250 e. The molecule has 26 heavy (non-hydrogen) atoms. The number of benzene rings is 1. The van der Waals surface area contributed by atoms with Gasteiger partial charge in [0.15, 0.2) is 0 Å². The summed E-state index contributed by atoms with van der Waals surface area (Å²) in [5.41, 5.74) is 1.36. The van der Waals surface area contributed by atoms with Crippen LogP contribution in [0.15, 0.2) is 77.9 Å². The molecule has 0 aliphatic carbocycles. The molecule has 3 aromatic rings. The Labute approximate surface area is 151 Å².